The quantitative estimate of drug-likeness (QED) is 0.688. The fraction of sp³-hybridized carbons (Fsp3) is 0.444. The third-order valence-corrected chi connectivity index (χ3v) is 2.21. The van der Waals surface area contributed by atoms with Crippen LogP contribution in [0.1, 0.15) is 17.0 Å². The Bertz CT molecular complexity index is 434. The maximum Gasteiger partial charge on any atom is 0.573 e. The number of rotatable bonds is 3. The minimum Gasteiger partial charge on any atom is -0.403 e. The highest BCUT2D eigenvalue weighted by Gasteiger charge is 2.37. The molecule has 0 saturated heterocycles. The Kier molecular flexibility index (Phi) is 4.51. The van der Waals surface area contributed by atoms with Gasteiger partial charge in [0.05, 0.1) is 12.5 Å². The number of pyridine rings is 1. The normalized spacial score (nSPS) is 12.6. The number of hydrogen-bond donors (Lipinski definition) is 1. The molecule has 0 aliphatic heterocycles. The van der Waals surface area contributed by atoms with Gasteiger partial charge in [-0.25, -0.2) is 4.98 Å². The standard InChI is InChI=1S/C9H6ClF6NO2/c10-2-4-1-6(8(11,12)13)17-5(3-18)7(4)19-9(14,15)16/h1,18H,2-3H2. The Labute approximate surface area is 107 Å². The zero-order valence-corrected chi connectivity index (χ0v) is 9.70. The van der Waals surface area contributed by atoms with Crippen LogP contribution in [-0.4, -0.2) is 16.5 Å². The molecule has 1 aromatic heterocycles. The van der Waals surface area contributed by atoms with E-state index < -0.39 is 47.7 Å². The average molecular weight is 310 g/mol. The fourth-order valence-electron chi connectivity index (χ4n) is 1.24. The van der Waals surface area contributed by atoms with Gasteiger partial charge in [0.15, 0.2) is 5.75 Å². The topological polar surface area (TPSA) is 42.4 Å². The van der Waals surface area contributed by atoms with E-state index >= 15 is 0 Å². The molecule has 0 aromatic carbocycles. The molecular formula is C9H6ClF6NO2. The molecule has 0 spiro atoms. The Balaban J connectivity index is 3.38. The Morgan fingerprint density at radius 3 is 2.16 bits per heavy atom. The number of hydrogen-bond acceptors (Lipinski definition) is 3. The van der Waals surface area contributed by atoms with Crippen LogP contribution in [0.4, 0.5) is 26.3 Å². The molecule has 19 heavy (non-hydrogen) atoms. The summed E-state index contributed by atoms with van der Waals surface area (Å²) < 4.78 is 77.2. The largest absolute Gasteiger partial charge is 0.573 e. The summed E-state index contributed by atoms with van der Waals surface area (Å²) in [6.45, 7) is -1.15. The van der Waals surface area contributed by atoms with Crippen molar-refractivity contribution in [2.75, 3.05) is 0 Å². The van der Waals surface area contributed by atoms with Gasteiger partial charge in [0.2, 0.25) is 0 Å². The first-order valence-electron chi connectivity index (χ1n) is 4.61. The maximum atomic E-state index is 12.4. The lowest BCUT2D eigenvalue weighted by molar-refractivity contribution is -0.275. The van der Waals surface area contributed by atoms with Gasteiger partial charge in [0.1, 0.15) is 11.4 Å². The monoisotopic (exact) mass is 309 g/mol. The predicted octanol–water partition coefficient (Wildman–Crippen LogP) is 3.23. The number of alkyl halides is 7. The summed E-state index contributed by atoms with van der Waals surface area (Å²) in [5, 5.41) is 8.81. The van der Waals surface area contributed by atoms with E-state index in [4.69, 9.17) is 16.7 Å². The highest BCUT2D eigenvalue weighted by atomic mass is 35.5. The van der Waals surface area contributed by atoms with E-state index in [1.54, 1.807) is 0 Å². The second-order valence-electron chi connectivity index (χ2n) is 3.28. The summed E-state index contributed by atoms with van der Waals surface area (Å²) in [7, 11) is 0. The molecule has 10 heteroatoms. The minimum atomic E-state index is -5.13. The molecule has 108 valence electrons. The van der Waals surface area contributed by atoms with Gasteiger partial charge in [-0.05, 0) is 6.07 Å². The Hall–Kier alpha value is -1.22. The van der Waals surface area contributed by atoms with E-state index in [0.29, 0.717) is 6.07 Å². The van der Waals surface area contributed by atoms with Crippen LogP contribution in [0.15, 0.2) is 6.07 Å². The molecule has 1 N–H and O–H groups in total. The zero-order valence-electron chi connectivity index (χ0n) is 8.94. The zero-order chi connectivity index (χ0) is 14.8. The van der Waals surface area contributed by atoms with Gasteiger partial charge in [0, 0.05) is 5.56 Å². The van der Waals surface area contributed by atoms with Crippen molar-refractivity contribution in [2.24, 2.45) is 0 Å². The van der Waals surface area contributed by atoms with E-state index in [1.807, 2.05) is 0 Å². The number of aliphatic hydroxyl groups excluding tert-OH is 1. The van der Waals surface area contributed by atoms with Crippen LogP contribution in [-0.2, 0) is 18.7 Å². The van der Waals surface area contributed by atoms with Crippen LogP contribution < -0.4 is 4.74 Å². The van der Waals surface area contributed by atoms with Crippen molar-refractivity contribution >= 4 is 11.6 Å². The summed E-state index contributed by atoms with van der Waals surface area (Å²) in [5.74, 6) is -1.68. The van der Waals surface area contributed by atoms with Gasteiger partial charge >= 0.3 is 12.5 Å². The van der Waals surface area contributed by atoms with Crippen LogP contribution in [0, 0.1) is 0 Å². The van der Waals surface area contributed by atoms with Gasteiger partial charge in [-0.15, -0.1) is 24.8 Å². The minimum absolute atomic E-state index is 0.341. The number of ether oxygens (including phenoxy) is 1. The van der Waals surface area contributed by atoms with Crippen molar-refractivity contribution in [3.63, 3.8) is 0 Å². The number of aromatic nitrogens is 1. The predicted molar refractivity (Wildman–Crippen MR) is 51.4 cm³/mol. The van der Waals surface area contributed by atoms with Gasteiger partial charge in [0.25, 0.3) is 0 Å². The molecule has 0 fully saturated rings. The van der Waals surface area contributed by atoms with Crippen LogP contribution >= 0.6 is 11.6 Å². The van der Waals surface area contributed by atoms with Gasteiger partial charge in [-0.1, -0.05) is 0 Å². The summed E-state index contributed by atoms with van der Waals surface area (Å²) >= 11 is 5.29. The first-order valence-corrected chi connectivity index (χ1v) is 5.14. The highest BCUT2D eigenvalue weighted by Crippen LogP contribution is 2.35. The molecular weight excluding hydrogens is 304 g/mol. The lowest BCUT2D eigenvalue weighted by Gasteiger charge is -2.17. The molecule has 0 saturated carbocycles. The van der Waals surface area contributed by atoms with Crippen molar-refractivity contribution in [1.29, 1.82) is 0 Å². The van der Waals surface area contributed by atoms with Crippen molar-refractivity contribution in [2.45, 2.75) is 25.0 Å². The number of nitrogens with zero attached hydrogens (tertiary/aromatic N) is 1. The first-order chi connectivity index (χ1) is 8.58. The second kappa shape index (κ2) is 5.41. The number of aliphatic hydroxyl groups is 1. The van der Waals surface area contributed by atoms with Crippen molar-refractivity contribution in [3.05, 3.63) is 23.0 Å². The second-order valence-corrected chi connectivity index (χ2v) is 3.55. The highest BCUT2D eigenvalue weighted by molar-refractivity contribution is 6.17. The molecule has 0 bridgehead atoms. The van der Waals surface area contributed by atoms with Crippen LogP contribution in [0.3, 0.4) is 0 Å². The molecule has 0 atom stereocenters. The molecule has 0 aliphatic carbocycles. The van der Waals surface area contributed by atoms with E-state index in [9.17, 15) is 26.3 Å². The van der Waals surface area contributed by atoms with Crippen LogP contribution in [0.25, 0.3) is 0 Å². The fourth-order valence-corrected chi connectivity index (χ4v) is 1.43. The maximum absolute atomic E-state index is 12.4. The lowest BCUT2D eigenvalue weighted by Crippen LogP contribution is -2.21. The summed E-state index contributed by atoms with van der Waals surface area (Å²) in [6.07, 6.45) is -10.0. The van der Waals surface area contributed by atoms with E-state index in [2.05, 4.69) is 9.72 Å². The van der Waals surface area contributed by atoms with E-state index in [1.165, 1.54) is 0 Å². The molecule has 0 radical (unpaired) electrons. The Morgan fingerprint density at radius 2 is 1.79 bits per heavy atom. The third kappa shape index (κ3) is 4.13. The van der Waals surface area contributed by atoms with Crippen molar-refractivity contribution in [1.82, 2.24) is 4.98 Å². The Morgan fingerprint density at radius 1 is 1.21 bits per heavy atom. The number of halogens is 7. The molecule has 1 aromatic rings. The average Bonchev–Trinajstić information content (AvgIpc) is 2.25. The van der Waals surface area contributed by atoms with Crippen LogP contribution in [0.2, 0.25) is 0 Å². The molecule has 0 amide bonds. The molecule has 1 heterocycles. The summed E-state index contributed by atoms with van der Waals surface area (Å²) in [5.41, 5.74) is -2.91. The molecule has 3 nitrogen and oxygen atoms in total. The smallest absolute Gasteiger partial charge is 0.403 e. The van der Waals surface area contributed by atoms with Gasteiger partial charge in [-0.2, -0.15) is 13.2 Å². The van der Waals surface area contributed by atoms with Gasteiger partial charge < -0.3 is 9.84 Å². The van der Waals surface area contributed by atoms with Crippen molar-refractivity contribution < 1.29 is 36.2 Å². The molecule has 0 aliphatic rings. The molecule has 1 rings (SSSR count). The molecule has 0 unspecified atom stereocenters. The lowest BCUT2D eigenvalue weighted by atomic mass is 10.1. The SMILES string of the molecule is OCc1nc(C(F)(F)F)cc(CCl)c1OC(F)(F)F. The summed E-state index contributed by atoms with van der Waals surface area (Å²) in [4.78, 5) is 2.90. The van der Waals surface area contributed by atoms with Crippen molar-refractivity contribution in [3.8, 4) is 5.75 Å². The van der Waals surface area contributed by atoms with E-state index in [0.717, 1.165) is 0 Å². The van der Waals surface area contributed by atoms with Gasteiger partial charge in [-0.3, -0.25) is 0 Å². The third-order valence-electron chi connectivity index (χ3n) is 1.92. The first kappa shape index (κ1) is 15.8. The van der Waals surface area contributed by atoms with E-state index in [-0.39, 0.29) is 0 Å². The summed E-state index contributed by atoms with van der Waals surface area (Å²) in [6, 6.07) is 0.341. The van der Waals surface area contributed by atoms with Crippen LogP contribution in [0.5, 0.6) is 5.75 Å².